The van der Waals surface area contributed by atoms with E-state index >= 15 is 0 Å². The van der Waals surface area contributed by atoms with E-state index in [9.17, 15) is 35.5 Å². The Bertz CT molecular complexity index is 1200. The SMILES string of the molecule is O=C(N[C@@H]1CCCn2nc(-c3cc(C(F)(F)F)ncc3F)cc21)c1cncc(C(F)(F)F)n1. The van der Waals surface area contributed by atoms with Crippen LogP contribution in [0.4, 0.5) is 30.7 Å². The van der Waals surface area contributed by atoms with Crippen molar-refractivity contribution in [2.24, 2.45) is 0 Å². The van der Waals surface area contributed by atoms with Crippen LogP contribution in [0.25, 0.3) is 11.3 Å². The number of aryl methyl sites for hydroxylation is 1. The molecular formula is C19H13F7N6O. The number of hydrogen-bond donors (Lipinski definition) is 1. The summed E-state index contributed by atoms with van der Waals surface area (Å²) in [5, 5.41) is 6.66. The zero-order valence-corrected chi connectivity index (χ0v) is 16.4. The lowest BCUT2D eigenvalue weighted by Gasteiger charge is -2.24. The largest absolute Gasteiger partial charge is 0.434 e. The van der Waals surface area contributed by atoms with Gasteiger partial charge in [0.05, 0.1) is 36.0 Å². The topological polar surface area (TPSA) is 85.6 Å². The van der Waals surface area contributed by atoms with Gasteiger partial charge in [0.25, 0.3) is 5.91 Å². The molecule has 174 valence electrons. The third-order valence-electron chi connectivity index (χ3n) is 4.92. The van der Waals surface area contributed by atoms with Crippen LogP contribution in [-0.2, 0) is 18.9 Å². The van der Waals surface area contributed by atoms with E-state index in [0.29, 0.717) is 43.5 Å². The van der Waals surface area contributed by atoms with Crippen LogP contribution in [0.2, 0.25) is 0 Å². The molecule has 14 heteroatoms. The molecule has 1 aliphatic rings. The second-order valence-electron chi connectivity index (χ2n) is 7.18. The molecule has 1 atom stereocenters. The third-order valence-corrected chi connectivity index (χ3v) is 4.92. The maximum absolute atomic E-state index is 14.2. The van der Waals surface area contributed by atoms with Gasteiger partial charge in [0.2, 0.25) is 0 Å². The Labute approximate surface area is 180 Å². The Morgan fingerprint density at radius 1 is 1.03 bits per heavy atom. The van der Waals surface area contributed by atoms with Crippen molar-refractivity contribution in [3.05, 3.63) is 59.3 Å². The summed E-state index contributed by atoms with van der Waals surface area (Å²) >= 11 is 0. The van der Waals surface area contributed by atoms with Gasteiger partial charge in [-0.1, -0.05) is 0 Å². The number of nitrogens with zero attached hydrogens (tertiary/aromatic N) is 5. The number of amides is 1. The van der Waals surface area contributed by atoms with Gasteiger partial charge in [0, 0.05) is 12.1 Å². The molecule has 0 radical (unpaired) electrons. The summed E-state index contributed by atoms with van der Waals surface area (Å²) in [6.45, 7) is 0.351. The Hall–Kier alpha value is -3.58. The fraction of sp³-hybridized carbons (Fsp3) is 0.316. The van der Waals surface area contributed by atoms with Crippen LogP contribution in [0, 0.1) is 5.82 Å². The van der Waals surface area contributed by atoms with Crippen molar-refractivity contribution in [1.82, 2.24) is 30.0 Å². The summed E-state index contributed by atoms with van der Waals surface area (Å²) in [5.41, 5.74) is -3.35. The summed E-state index contributed by atoms with van der Waals surface area (Å²) in [4.78, 5) is 22.2. The van der Waals surface area contributed by atoms with Gasteiger partial charge in [-0.05, 0) is 25.0 Å². The molecule has 0 saturated carbocycles. The van der Waals surface area contributed by atoms with Gasteiger partial charge in [0.15, 0.2) is 11.5 Å². The van der Waals surface area contributed by atoms with Crippen LogP contribution >= 0.6 is 0 Å². The number of hydrogen-bond acceptors (Lipinski definition) is 5. The molecular weight excluding hydrogens is 461 g/mol. The van der Waals surface area contributed by atoms with E-state index in [1.807, 2.05) is 0 Å². The number of aromatic nitrogens is 5. The molecule has 4 rings (SSSR count). The second kappa shape index (κ2) is 8.08. The van der Waals surface area contributed by atoms with Gasteiger partial charge in [-0.25, -0.2) is 14.4 Å². The first-order chi connectivity index (χ1) is 15.4. The zero-order chi connectivity index (χ0) is 24.0. The maximum atomic E-state index is 14.2. The minimum Gasteiger partial charge on any atom is -0.342 e. The number of pyridine rings is 1. The van der Waals surface area contributed by atoms with Gasteiger partial charge in [0.1, 0.15) is 11.4 Å². The van der Waals surface area contributed by atoms with Gasteiger partial charge >= 0.3 is 12.4 Å². The predicted octanol–water partition coefficient (Wildman–Crippen LogP) is 4.18. The van der Waals surface area contributed by atoms with Crippen molar-refractivity contribution in [1.29, 1.82) is 0 Å². The lowest BCUT2D eigenvalue weighted by atomic mass is 10.0. The highest BCUT2D eigenvalue weighted by molar-refractivity contribution is 5.92. The van der Waals surface area contributed by atoms with Crippen LogP contribution in [0.5, 0.6) is 0 Å². The molecule has 7 nitrogen and oxygen atoms in total. The molecule has 0 unspecified atom stereocenters. The van der Waals surface area contributed by atoms with Gasteiger partial charge in [-0.2, -0.15) is 31.4 Å². The highest BCUT2D eigenvalue weighted by Gasteiger charge is 2.35. The Kier molecular flexibility index (Phi) is 5.54. The van der Waals surface area contributed by atoms with E-state index in [1.165, 1.54) is 10.7 Å². The van der Waals surface area contributed by atoms with Crippen LogP contribution in [0.15, 0.2) is 30.7 Å². The minimum atomic E-state index is -4.79. The number of carbonyl (C=O) groups excluding carboxylic acids is 1. The smallest absolute Gasteiger partial charge is 0.342 e. The summed E-state index contributed by atoms with van der Waals surface area (Å²) in [5.74, 6) is -1.94. The van der Waals surface area contributed by atoms with Crippen molar-refractivity contribution in [3.63, 3.8) is 0 Å². The lowest BCUT2D eigenvalue weighted by molar-refractivity contribution is -0.142. The minimum absolute atomic E-state index is 0.101. The Morgan fingerprint density at radius 2 is 1.76 bits per heavy atom. The predicted molar refractivity (Wildman–Crippen MR) is 96.9 cm³/mol. The molecule has 3 aromatic rings. The summed E-state index contributed by atoms with van der Waals surface area (Å²) in [6.07, 6.45) is -6.90. The number of halogens is 7. The van der Waals surface area contributed by atoms with E-state index in [4.69, 9.17) is 0 Å². The number of fused-ring (bicyclic) bond motifs is 1. The Balaban J connectivity index is 1.62. The monoisotopic (exact) mass is 474 g/mol. The lowest BCUT2D eigenvalue weighted by Crippen LogP contribution is -2.33. The zero-order valence-electron chi connectivity index (χ0n) is 16.4. The first kappa shape index (κ1) is 22.6. The van der Waals surface area contributed by atoms with Gasteiger partial charge in [-0.15, -0.1) is 0 Å². The standard InChI is InChI=1S/C19H13F7N6O/c20-10-6-28-15(18(21,22)23)4-9(10)12-5-14-11(2-1-3-32(14)31-12)30-17(33)13-7-27-8-16(29-13)19(24,25)26/h4-8,11H,1-3H2,(H,30,33)/t11-/m1/s1. The third kappa shape index (κ3) is 4.64. The molecule has 33 heavy (non-hydrogen) atoms. The fourth-order valence-corrected chi connectivity index (χ4v) is 3.40. The second-order valence-corrected chi connectivity index (χ2v) is 7.18. The molecule has 1 N–H and O–H groups in total. The fourth-order valence-electron chi connectivity index (χ4n) is 3.40. The van der Waals surface area contributed by atoms with Crippen LogP contribution in [0.1, 0.15) is 46.5 Å². The molecule has 0 aliphatic carbocycles. The van der Waals surface area contributed by atoms with Crippen LogP contribution < -0.4 is 5.32 Å². The van der Waals surface area contributed by atoms with Crippen molar-refractivity contribution in [3.8, 4) is 11.3 Å². The molecule has 1 aliphatic heterocycles. The van der Waals surface area contributed by atoms with Crippen molar-refractivity contribution in [2.75, 3.05) is 0 Å². The average Bonchev–Trinajstić information content (AvgIpc) is 3.18. The molecule has 0 aromatic carbocycles. The van der Waals surface area contributed by atoms with Crippen LogP contribution in [-0.4, -0.2) is 30.6 Å². The normalized spacial score (nSPS) is 16.4. The van der Waals surface area contributed by atoms with E-state index in [1.54, 1.807) is 0 Å². The van der Waals surface area contributed by atoms with Crippen molar-refractivity contribution < 1.29 is 35.5 Å². The molecule has 0 fully saturated rings. The number of carbonyl (C=O) groups is 1. The van der Waals surface area contributed by atoms with E-state index in [0.717, 1.165) is 6.20 Å². The quantitative estimate of drug-likeness (QED) is 0.576. The Morgan fingerprint density at radius 3 is 2.45 bits per heavy atom. The molecule has 3 aromatic heterocycles. The van der Waals surface area contributed by atoms with Crippen LogP contribution in [0.3, 0.4) is 0 Å². The average molecular weight is 474 g/mol. The van der Waals surface area contributed by atoms with E-state index < -0.39 is 52.8 Å². The maximum Gasteiger partial charge on any atom is 0.434 e. The first-order valence-electron chi connectivity index (χ1n) is 9.44. The highest BCUT2D eigenvalue weighted by atomic mass is 19.4. The number of rotatable bonds is 3. The van der Waals surface area contributed by atoms with Gasteiger partial charge in [-0.3, -0.25) is 14.5 Å². The van der Waals surface area contributed by atoms with E-state index in [2.05, 4.69) is 25.4 Å². The van der Waals surface area contributed by atoms with Crippen molar-refractivity contribution >= 4 is 5.91 Å². The molecule has 4 heterocycles. The molecule has 0 saturated heterocycles. The number of alkyl halides is 6. The summed E-state index contributed by atoms with van der Waals surface area (Å²) < 4.78 is 93.0. The van der Waals surface area contributed by atoms with Gasteiger partial charge < -0.3 is 5.32 Å². The summed E-state index contributed by atoms with van der Waals surface area (Å²) in [7, 11) is 0. The number of nitrogens with one attached hydrogen (secondary N) is 1. The molecule has 0 spiro atoms. The summed E-state index contributed by atoms with van der Waals surface area (Å²) in [6, 6.07) is 1.12. The molecule has 1 amide bonds. The first-order valence-corrected chi connectivity index (χ1v) is 9.44. The van der Waals surface area contributed by atoms with E-state index in [-0.39, 0.29) is 5.69 Å². The van der Waals surface area contributed by atoms with Crippen molar-refractivity contribution in [2.45, 2.75) is 37.8 Å². The molecule has 0 bridgehead atoms. The highest BCUT2D eigenvalue weighted by Crippen LogP contribution is 2.34.